The molecule has 0 saturated carbocycles. The number of hydrogen-bond acceptors (Lipinski definition) is 5. The van der Waals surface area contributed by atoms with Gasteiger partial charge >= 0.3 is 6.03 Å². The van der Waals surface area contributed by atoms with Crippen LogP contribution in [0.5, 0.6) is 0 Å². The molecule has 3 rings (SSSR count). The van der Waals surface area contributed by atoms with Gasteiger partial charge in [0.1, 0.15) is 17.8 Å². The van der Waals surface area contributed by atoms with Crippen LogP contribution in [0.4, 0.5) is 16.3 Å². The van der Waals surface area contributed by atoms with Crippen LogP contribution in [0.3, 0.4) is 0 Å². The normalized spacial score (nSPS) is 11.8. The smallest absolute Gasteiger partial charge is 0.324 e. The number of urea groups is 1. The Labute approximate surface area is 144 Å². The summed E-state index contributed by atoms with van der Waals surface area (Å²) >= 11 is 0. The van der Waals surface area contributed by atoms with Gasteiger partial charge in [0, 0.05) is 5.69 Å². The fourth-order valence-electron chi connectivity index (χ4n) is 2.27. The Morgan fingerprint density at radius 3 is 2.72 bits per heavy atom. The van der Waals surface area contributed by atoms with Crippen molar-refractivity contribution in [2.75, 3.05) is 17.2 Å². The minimum atomic E-state index is -0.388. The maximum atomic E-state index is 12.1. The third kappa shape index (κ3) is 3.99. The van der Waals surface area contributed by atoms with Gasteiger partial charge < -0.3 is 15.0 Å². The van der Waals surface area contributed by atoms with Gasteiger partial charge in [-0.2, -0.15) is 0 Å². The quantitative estimate of drug-likeness (QED) is 0.663. The van der Waals surface area contributed by atoms with E-state index in [-0.39, 0.29) is 18.7 Å². The Morgan fingerprint density at radius 2 is 1.96 bits per heavy atom. The second-order valence-corrected chi connectivity index (χ2v) is 5.45. The molecule has 3 aromatic rings. The average Bonchev–Trinajstić information content (AvgIpc) is 3.12. The zero-order valence-corrected chi connectivity index (χ0v) is 13.6. The van der Waals surface area contributed by atoms with Crippen LogP contribution in [0.15, 0.2) is 54.9 Å². The van der Waals surface area contributed by atoms with E-state index < -0.39 is 0 Å². The van der Waals surface area contributed by atoms with Crippen molar-refractivity contribution in [2.45, 2.75) is 13.0 Å². The Hall–Kier alpha value is -3.26. The lowest BCUT2D eigenvalue weighted by molar-refractivity contribution is 0.239. The molecule has 0 fully saturated rings. The molecule has 1 aromatic carbocycles. The number of rotatable bonds is 5. The third-order valence-corrected chi connectivity index (χ3v) is 3.56. The van der Waals surface area contributed by atoms with E-state index in [0.29, 0.717) is 23.0 Å². The first-order chi connectivity index (χ1) is 12.2. The van der Waals surface area contributed by atoms with Crippen LogP contribution < -0.4 is 10.6 Å². The van der Waals surface area contributed by atoms with Crippen LogP contribution in [0.25, 0.3) is 11.5 Å². The van der Waals surface area contributed by atoms with E-state index in [0.717, 1.165) is 0 Å². The van der Waals surface area contributed by atoms with Crippen LogP contribution in [0, 0.1) is 0 Å². The van der Waals surface area contributed by atoms with Crippen LogP contribution >= 0.6 is 0 Å². The number of aliphatic hydroxyl groups excluding tert-OH is 1. The lowest BCUT2D eigenvalue weighted by atomic mass is 10.3. The van der Waals surface area contributed by atoms with E-state index in [2.05, 4.69) is 25.8 Å². The second-order valence-electron chi connectivity index (χ2n) is 5.45. The molecule has 0 aliphatic heterocycles. The summed E-state index contributed by atoms with van der Waals surface area (Å²) in [4.78, 5) is 16.5. The number of amides is 2. The number of benzene rings is 1. The molecule has 8 nitrogen and oxygen atoms in total. The fraction of sp³-hybridized carbons (Fsp3) is 0.176. The SMILES string of the molecule is C[C@H](CO)n1cnnc1-c1cccc(NC(=O)Nc2ccccc2)n1. The maximum Gasteiger partial charge on any atom is 0.324 e. The van der Waals surface area contributed by atoms with Crippen molar-refractivity contribution < 1.29 is 9.90 Å². The van der Waals surface area contributed by atoms with Crippen LogP contribution in [0.1, 0.15) is 13.0 Å². The molecule has 0 bridgehead atoms. The minimum Gasteiger partial charge on any atom is -0.394 e. The number of carbonyl (C=O) groups excluding carboxylic acids is 1. The number of aliphatic hydroxyl groups is 1. The lowest BCUT2D eigenvalue weighted by Gasteiger charge is -2.12. The standard InChI is InChI=1S/C17H18N6O2/c1-12(10-24)23-11-18-22-16(23)14-8-5-9-15(20-14)21-17(25)19-13-6-3-2-4-7-13/h2-9,11-12,24H,10H2,1H3,(H2,19,20,21,25)/t12-/m1/s1. The van der Waals surface area contributed by atoms with Gasteiger partial charge in [-0.25, -0.2) is 9.78 Å². The maximum absolute atomic E-state index is 12.1. The molecule has 1 atom stereocenters. The van der Waals surface area contributed by atoms with E-state index in [1.807, 2.05) is 25.1 Å². The molecule has 128 valence electrons. The molecular weight excluding hydrogens is 320 g/mol. The topological polar surface area (TPSA) is 105 Å². The number of aromatic nitrogens is 4. The van der Waals surface area contributed by atoms with Crippen molar-refractivity contribution in [3.63, 3.8) is 0 Å². The molecule has 2 aromatic heterocycles. The number of nitrogens with one attached hydrogen (secondary N) is 2. The van der Waals surface area contributed by atoms with E-state index in [4.69, 9.17) is 0 Å². The highest BCUT2D eigenvalue weighted by Gasteiger charge is 2.14. The van der Waals surface area contributed by atoms with Gasteiger partial charge in [-0.3, -0.25) is 5.32 Å². The summed E-state index contributed by atoms with van der Waals surface area (Å²) in [6.07, 6.45) is 1.54. The average molecular weight is 338 g/mol. The summed E-state index contributed by atoms with van der Waals surface area (Å²) in [7, 11) is 0. The Bertz CT molecular complexity index is 849. The van der Waals surface area contributed by atoms with Gasteiger partial charge in [0.2, 0.25) is 0 Å². The van der Waals surface area contributed by atoms with Crippen molar-refractivity contribution in [3.05, 3.63) is 54.9 Å². The summed E-state index contributed by atoms with van der Waals surface area (Å²) in [6.45, 7) is 1.81. The zero-order valence-electron chi connectivity index (χ0n) is 13.6. The molecule has 3 N–H and O–H groups in total. The molecule has 2 heterocycles. The summed E-state index contributed by atoms with van der Waals surface area (Å²) < 4.78 is 1.73. The molecular formula is C17H18N6O2. The number of nitrogens with zero attached hydrogens (tertiary/aromatic N) is 4. The zero-order chi connectivity index (χ0) is 17.6. The Balaban J connectivity index is 1.76. The first-order valence-electron chi connectivity index (χ1n) is 7.78. The summed E-state index contributed by atoms with van der Waals surface area (Å²) in [5.74, 6) is 0.908. The predicted molar refractivity (Wildman–Crippen MR) is 94.1 cm³/mol. The number of para-hydroxylation sites is 1. The minimum absolute atomic E-state index is 0.0392. The van der Waals surface area contributed by atoms with Gasteiger partial charge in [0.15, 0.2) is 5.82 Å². The molecule has 25 heavy (non-hydrogen) atoms. The van der Waals surface area contributed by atoms with Crippen LogP contribution in [-0.2, 0) is 0 Å². The largest absolute Gasteiger partial charge is 0.394 e. The second kappa shape index (κ2) is 7.54. The number of carbonyl (C=O) groups is 1. The molecule has 0 radical (unpaired) electrons. The summed E-state index contributed by atoms with van der Waals surface area (Å²) in [5.41, 5.74) is 1.24. The third-order valence-electron chi connectivity index (χ3n) is 3.56. The summed E-state index contributed by atoms with van der Waals surface area (Å²) in [5, 5.41) is 22.7. The highest BCUT2D eigenvalue weighted by molar-refractivity contribution is 5.99. The highest BCUT2D eigenvalue weighted by atomic mass is 16.3. The van der Waals surface area contributed by atoms with Gasteiger partial charge in [0.05, 0.1) is 12.6 Å². The van der Waals surface area contributed by atoms with E-state index in [1.165, 1.54) is 0 Å². The van der Waals surface area contributed by atoms with Gasteiger partial charge in [-0.15, -0.1) is 10.2 Å². The van der Waals surface area contributed by atoms with Crippen molar-refractivity contribution in [2.24, 2.45) is 0 Å². The van der Waals surface area contributed by atoms with E-state index in [1.54, 1.807) is 41.2 Å². The van der Waals surface area contributed by atoms with Crippen LogP contribution in [0.2, 0.25) is 0 Å². The lowest BCUT2D eigenvalue weighted by Crippen LogP contribution is -2.20. The van der Waals surface area contributed by atoms with Gasteiger partial charge in [0.25, 0.3) is 0 Å². The fourth-order valence-corrected chi connectivity index (χ4v) is 2.27. The first kappa shape index (κ1) is 16.6. The van der Waals surface area contributed by atoms with Crippen molar-refractivity contribution in [3.8, 4) is 11.5 Å². The molecule has 0 aliphatic rings. The monoisotopic (exact) mass is 338 g/mol. The molecule has 0 aliphatic carbocycles. The van der Waals surface area contributed by atoms with Crippen LogP contribution in [-0.4, -0.2) is 37.5 Å². The molecule has 0 unspecified atom stereocenters. The first-order valence-corrected chi connectivity index (χ1v) is 7.78. The molecule has 2 amide bonds. The molecule has 0 saturated heterocycles. The summed E-state index contributed by atoms with van der Waals surface area (Å²) in [6, 6.07) is 13.8. The Kier molecular flexibility index (Phi) is 5.00. The van der Waals surface area contributed by atoms with Crippen molar-refractivity contribution in [1.29, 1.82) is 0 Å². The van der Waals surface area contributed by atoms with Crippen molar-refractivity contribution in [1.82, 2.24) is 19.7 Å². The number of hydrogen-bond donors (Lipinski definition) is 3. The van der Waals surface area contributed by atoms with Crippen molar-refractivity contribution >= 4 is 17.5 Å². The molecule has 8 heteroatoms. The Morgan fingerprint density at radius 1 is 1.16 bits per heavy atom. The number of anilines is 2. The van der Waals surface area contributed by atoms with E-state index in [9.17, 15) is 9.90 Å². The predicted octanol–water partition coefficient (Wildman–Crippen LogP) is 2.54. The van der Waals surface area contributed by atoms with Gasteiger partial charge in [-0.05, 0) is 31.2 Å². The number of pyridine rings is 1. The van der Waals surface area contributed by atoms with E-state index >= 15 is 0 Å². The molecule has 0 spiro atoms. The highest BCUT2D eigenvalue weighted by Crippen LogP contribution is 2.20. The van der Waals surface area contributed by atoms with Gasteiger partial charge in [-0.1, -0.05) is 24.3 Å².